The summed E-state index contributed by atoms with van der Waals surface area (Å²) in [4.78, 5) is 11.6. The standard InChI is InChI=1S/C9H11N5O2/c1-5-2-7(14-16-5)9(15)11-3-6-4-12-13-8(6)10/h2,4H,3H2,1H3,(H,11,15)(H3,10,12,13). The summed E-state index contributed by atoms with van der Waals surface area (Å²) in [5.41, 5.74) is 6.55. The number of rotatable bonds is 3. The maximum atomic E-state index is 11.6. The monoisotopic (exact) mass is 221 g/mol. The number of aryl methyl sites for hydroxylation is 1. The molecule has 4 N–H and O–H groups in total. The summed E-state index contributed by atoms with van der Waals surface area (Å²) < 4.78 is 4.79. The highest BCUT2D eigenvalue weighted by Gasteiger charge is 2.11. The van der Waals surface area contributed by atoms with Gasteiger partial charge in [-0.15, -0.1) is 0 Å². The largest absolute Gasteiger partial charge is 0.384 e. The van der Waals surface area contributed by atoms with Gasteiger partial charge in [0.25, 0.3) is 5.91 Å². The van der Waals surface area contributed by atoms with E-state index in [2.05, 4.69) is 20.7 Å². The van der Waals surface area contributed by atoms with E-state index >= 15 is 0 Å². The van der Waals surface area contributed by atoms with E-state index in [0.29, 0.717) is 18.1 Å². The number of aromatic amines is 1. The molecule has 16 heavy (non-hydrogen) atoms. The number of anilines is 1. The number of nitrogen functional groups attached to an aromatic ring is 1. The van der Waals surface area contributed by atoms with Gasteiger partial charge in [0.05, 0.1) is 6.20 Å². The summed E-state index contributed by atoms with van der Waals surface area (Å²) in [6.07, 6.45) is 1.56. The number of carbonyl (C=O) groups excluding carboxylic acids is 1. The van der Waals surface area contributed by atoms with E-state index in [4.69, 9.17) is 10.3 Å². The van der Waals surface area contributed by atoms with Crippen molar-refractivity contribution in [2.45, 2.75) is 13.5 Å². The average molecular weight is 221 g/mol. The second kappa shape index (κ2) is 4.05. The fourth-order valence-corrected chi connectivity index (χ4v) is 1.20. The number of hydrogen-bond acceptors (Lipinski definition) is 5. The van der Waals surface area contributed by atoms with Gasteiger partial charge in [0.2, 0.25) is 0 Å². The van der Waals surface area contributed by atoms with Crippen molar-refractivity contribution >= 4 is 11.7 Å². The van der Waals surface area contributed by atoms with Gasteiger partial charge in [-0.1, -0.05) is 5.16 Å². The van der Waals surface area contributed by atoms with Gasteiger partial charge in [0.1, 0.15) is 11.6 Å². The van der Waals surface area contributed by atoms with E-state index in [1.807, 2.05) is 0 Å². The molecule has 0 aromatic carbocycles. The van der Waals surface area contributed by atoms with E-state index in [1.54, 1.807) is 19.2 Å². The molecule has 2 aromatic heterocycles. The fraction of sp³-hybridized carbons (Fsp3) is 0.222. The summed E-state index contributed by atoms with van der Waals surface area (Å²) in [7, 11) is 0. The molecule has 0 saturated carbocycles. The molecule has 0 bridgehead atoms. The van der Waals surface area contributed by atoms with Crippen LogP contribution in [-0.4, -0.2) is 21.3 Å². The Morgan fingerprint density at radius 2 is 2.50 bits per heavy atom. The molecule has 0 fully saturated rings. The van der Waals surface area contributed by atoms with Crippen molar-refractivity contribution < 1.29 is 9.32 Å². The van der Waals surface area contributed by atoms with Gasteiger partial charge >= 0.3 is 0 Å². The highest BCUT2D eigenvalue weighted by atomic mass is 16.5. The molecule has 2 heterocycles. The maximum absolute atomic E-state index is 11.6. The fourth-order valence-electron chi connectivity index (χ4n) is 1.20. The third-order valence-corrected chi connectivity index (χ3v) is 2.05. The van der Waals surface area contributed by atoms with E-state index in [0.717, 1.165) is 5.56 Å². The SMILES string of the molecule is Cc1cc(C(=O)NCc2cn[nH]c2N)no1. The molecule has 0 saturated heterocycles. The normalized spacial score (nSPS) is 10.3. The minimum Gasteiger partial charge on any atom is -0.384 e. The van der Waals surface area contributed by atoms with Crippen LogP contribution in [0.2, 0.25) is 0 Å². The zero-order chi connectivity index (χ0) is 11.5. The zero-order valence-corrected chi connectivity index (χ0v) is 8.65. The van der Waals surface area contributed by atoms with Crippen LogP contribution in [0.4, 0.5) is 5.82 Å². The number of H-pyrrole nitrogens is 1. The molecule has 0 aliphatic heterocycles. The van der Waals surface area contributed by atoms with Crippen molar-refractivity contribution in [2.24, 2.45) is 0 Å². The predicted molar refractivity (Wildman–Crippen MR) is 55.4 cm³/mol. The van der Waals surface area contributed by atoms with Crippen LogP contribution in [0.15, 0.2) is 16.8 Å². The molecule has 0 spiro atoms. The highest BCUT2D eigenvalue weighted by molar-refractivity contribution is 5.92. The number of hydrogen-bond donors (Lipinski definition) is 3. The Kier molecular flexibility index (Phi) is 2.59. The van der Waals surface area contributed by atoms with Crippen LogP contribution in [0.5, 0.6) is 0 Å². The van der Waals surface area contributed by atoms with Gasteiger partial charge in [0.15, 0.2) is 5.69 Å². The van der Waals surface area contributed by atoms with Crippen LogP contribution in [0.3, 0.4) is 0 Å². The lowest BCUT2D eigenvalue weighted by atomic mass is 10.3. The molecule has 1 amide bonds. The quantitative estimate of drug-likeness (QED) is 0.686. The highest BCUT2D eigenvalue weighted by Crippen LogP contribution is 2.06. The second-order valence-electron chi connectivity index (χ2n) is 3.31. The summed E-state index contributed by atoms with van der Waals surface area (Å²) in [5, 5.41) is 12.6. The number of amides is 1. The van der Waals surface area contributed by atoms with Gasteiger partial charge in [-0.3, -0.25) is 9.89 Å². The first kappa shape index (κ1) is 10.2. The van der Waals surface area contributed by atoms with Crippen molar-refractivity contribution in [1.82, 2.24) is 20.7 Å². The first-order valence-electron chi connectivity index (χ1n) is 4.66. The summed E-state index contributed by atoms with van der Waals surface area (Å²) in [6.45, 7) is 2.02. The number of nitrogens with one attached hydrogen (secondary N) is 2. The lowest BCUT2D eigenvalue weighted by Crippen LogP contribution is -2.23. The van der Waals surface area contributed by atoms with Crippen LogP contribution >= 0.6 is 0 Å². The van der Waals surface area contributed by atoms with Crippen LogP contribution in [0.1, 0.15) is 21.8 Å². The Morgan fingerprint density at radius 3 is 3.06 bits per heavy atom. The van der Waals surface area contributed by atoms with Gasteiger partial charge in [-0.25, -0.2) is 0 Å². The van der Waals surface area contributed by atoms with Crippen LogP contribution in [0, 0.1) is 6.92 Å². The molecule has 0 aliphatic rings. The van der Waals surface area contributed by atoms with Crippen LogP contribution in [-0.2, 0) is 6.54 Å². The van der Waals surface area contributed by atoms with E-state index < -0.39 is 0 Å². The number of aromatic nitrogens is 3. The minimum absolute atomic E-state index is 0.250. The summed E-state index contributed by atoms with van der Waals surface area (Å²) in [6, 6.07) is 1.56. The number of nitrogens with two attached hydrogens (primary N) is 1. The Labute approximate surface area is 91.0 Å². The predicted octanol–water partition coefficient (Wildman–Crippen LogP) is 0.218. The summed E-state index contributed by atoms with van der Waals surface area (Å²) >= 11 is 0. The van der Waals surface area contributed by atoms with E-state index in [-0.39, 0.29) is 11.6 Å². The Hall–Kier alpha value is -2.31. The maximum Gasteiger partial charge on any atom is 0.273 e. The first-order valence-corrected chi connectivity index (χ1v) is 4.66. The van der Waals surface area contributed by atoms with Crippen molar-refractivity contribution in [3.05, 3.63) is 29.3 Å². The second-order valence-corrected chi connectivity index (χ2v) is 3.31. The number of carbonyl (C=O) groups is 1. The Bertz CT molecular complexity index is 501. The third kappa shape index (κ3) is 2.02. The number of nitrogens with zero attached hydrogens (tertiary/aromatic N) is 2. The third-order valence-electron chi connectivity index (χ3n) is 2.05. The average Bonchev–Trinajstić information content (AvgIpc) is 2.84. The summed E-state index contributed by atoms with van der Waals surface area (Å²) in [5.74, 6) is 0.724. The molecule has 0 atom stereocenters. The van der Waals surface area contributed by atoms with Crippen LogP contribution in [0.25, 0.3) is 0 Å². The van der Waals surface area contributed by atoms with Gasteiger partial charge in [-0.2, -0.15) is 5.10 Å². The molecule has 0 aliphatic carbocycles. The molecule has 0 unspecified atom stereocenters. The Morgan fingerprint density at radius 1 is 1.69 bits per heavy atom. The van der Waals surface area contributed by atoms with Gasteiger partial charge in [0, 0.05) is 18.2 Å². The molecule has 0 radical (unpaired) electrons. The molecule has 2 rings (SSSR count). The smallest absolute Gasteiger partial charge is 0.273 e. The van der Waals surface area contributed by atoms with Crippen molar-refractivity contribution in [3.63, 3.8) is 0 Å². The van der Waals surface area contributed by atoms with E-state index in [9.17, 15) is 4.79 Å². The van der Waals surface area contributed by atoms with Crippen molar-refractivity contribution in [1.29, 1.82) is 0 Å². The topological polar surface area (TPSA) is 110 Å². The zero-order valence-electron chi connectivity index (χ0n) is 8.65. The Balaban J connectivity index is 1.96. The molecular formula is C9H11N5O2. The van der Waals surface area contributed by atoms with Crippen LogP contribution < -0.4 is 11.1 Å². The van der Waals surface area contributed by atoms with Crippen molar-refractivity contribution in [2.75, 3.05) is 5.73 Å². The van der Waals surface area contributed by atoms with Gasteiger partial charge in [-0.05, 0) is 6.92 Å². The lowest BCUT2D eigenvalue weighted by Gasteiger charge is -2.00. The minimum atomic E-state index is -0.308. The lowest BCUT2D eigenvalue weighted by molar-refractivity contribution is 0.0942. The molecular weight excluding hydrogens is 210 g/mol. The molecule has 7 heteroatoms. The molecule has 84 valence electrons. The molecule has 2 aromatic rings. The van der Waals surface area contributed by atoms with E-state index in [1.165, 1.54) is 0 Å². The van der Waals surface area contributed by atoms with Crippen molar-refractivity contribution in [3.8, 4) is 0 Å². The van der Waals surface area contributed by atoms with Gasteiger partial charge < -0.3 is 15.6 Å². The first-order chi connectivity index (χ1) is 7.66. The molecule has 7 nitrogen and oxygen atoms in total.